The number of carbonyl (C=O) groups excluding carboxylic acids is 1. The maximum Gasteiger partial charge on any atom is 0.337 e. The monoisotopic (exact) mass is 391 g/mol. The highest BCUT2D eigenvalue weighted by molar-refractivity contribution is 7.89. The Morgan fingerprint density at radius 3 is 2.63 bits per heavy atom. The van der Waals surface area contributed by atoms with Gasteiger partial charge >= 0.3 is 5.97 Å². The Balaban J connectivity index is 1.80. The molecule has 0 bridgehead atoms. The highest BCUT2D eigenvalue weighted by Crippen LogP contribution is 2.31. The first-order chi connectivity index (χ1) is 13.0. The molecule has 0 amide bonds. The number of para-hydroxylation sites is 2. The maximum atomic E-state index is 13.0. The Kier molecular flexibility index (Phi) is 5.67. The van der Waals surface area contributed by atoms with Gasteiger partial charge in [-0.05, 0) is 30.3 Å². The van der Waals surface area contributed by atoms with E-state index >= 15 is 0 Å². The van der Waals surface area contributed by atoms with Crippen molar-refractivity contribution >= 4 is 16.0 Å². The molecule has 1 heterocycles. The highest BCUT2D eigenvalue weighted by atomic mass is 32.2. The van der Waals surface area contributed by atoms with Crippen LogP contribution >= 0.6 is 0 Å². The number of hydrogen-bond acceptors (Lipinski definition) is 6. The summed E-state index contributed by atoms with van der Waals surface area (Å²) in [6.07, 6.45) is -0.432. The molecule has 0 radical (unpaired) electrons. The Morgan fingerprint density at radius 2 is 1.93 bits per heavy atom. The lowest BCUT2D eigenvalue weighted by Gasteiger charge is -2.30. The van der Waals surface area contributed by atoms with Crippen LogP contribution in [0.5, 0.6) is 11.5 Å². The fraction of sp³-hybridized carbons (Fsp3) is 0.316. The number of ether oxygens (including phenoxy) is 3. The van der Waals surface area contributed by atoms with Crippen LogP contribution in [0.25, 0.3) is 0 Å². The van der Waals surface area contributed by atoms with Crippen LogP contribution in [-0.2, 0) is 14.8 Å². The van der Waals surface area contributed by atoms with Crippen LogP contribution in [0.15, 0.2) is 53.4 Å². The van der Waals surface area contributed by atoms with Gasteiger partial charge in [-0.25, -0.2) is 13.2 Å². The minimum atomic E-state index is -3.80. The average molecular weight is 391 g/mol. The van der Waals surface area contributed by atoms with Crippen LogP contribution in [0.3, 0.4) is 0 Å². The highest BCUT2D eigenvalue weighted by Gasteiger charge is 2.30. The molecule has 0 aliphatic carbocycles. The summed E-state index contributed by atoms with van der Waals surface area (Å²) in [5, 5.41) is 0. The van der Waals surface area contributed by atoms with Crippen LogP contribution in [0.1, 0.15) is 17.3 Å². The van der Waals surface area contributed by atoms with E-state index in [0.717, 1.165) is 0 Å². The van der Waals surface area contributed by atoms with Crippen LogP contribution in [-0.4, -0.2) is 51.6 Å². The van der Waals surface area contributed by atoms with Gasteiger partial charge in [-0.1, -0.05) is 25.1 Å². The van der Waals surface area contributed by atoms with Gasteiger partial charge in [0, 0.05) is 6.54 Å². The summed E-state index contributed by atoms with van der Waals surface area (Å²) >= 11 is 0. The van der Waals surface area contributed by atoms with Crippen molar-refractivity contribution in [3.05, 3.63) is 54.1 Å². The van der Waals surface area contributed by atoms with E-state index in [1.54, 1.807) is 19.1 Å². The second kappa shape index (κ2) is 7.98. The van der Waals surface area contributed by atoms with Crippen molar-refractivity contribution in [2.75, 3.05) is 26.8 Å². The molecule has 0 spiro atoms. The van der Waals surface area contributed by atoms with E-state index in [9.17, 15) is 13.2 Å². The Bertz CT molecular complexity index is 927. The molecule has 8 heteroatoms. The third kappa shape index (κ3) is 4.06. The summed E-state index contributed by atoms with van der Waals surface area (Å²) in [5.74, 6) is 0.649. The van der Waals surface area contributed by atoms with Crippen LogP contribution in [0.4, 0.5) is 0 Å². The van der Waals surface area contributed by atoms with Gasteiger partial charge in [0.15, 0.2) is 11.5 Å². The standard InChI is InChI=1S/C19H21NO6S/c1-3-20(12-15-13-25-17-9-4-5-10-18(17)26-15)27(22,23)16-8-6-7-14(11-16)19(21)24-2/h4-11,15H,3,12-13H2,1-2H3/t15-/m1/s1. The van der Waals surface area contributed by atoms with E-state index in [4.69, 9.17) is 9.47 Å². The molecule has 1 atom stereocenters. The lowest BCUT2D eigenvalue weighted by atomic mass is 10.2. The van der Waals surface area contributed by atoms with E-state index in [-0.39, 0.29) is 30.2 Å². The van der Waals surface area contributed by atoms with Crippen molar-refractivity contribution < 1.29 is 27.4 Å². The van der Waals surface area contributed by atoms with Gasteiger partial charge in [0.2, 0.25) is 10.0 Å². The second-order valence-electron chi connectivity index (χ2n) is 5.97. The van der Waals surface area contributed by atoms with E-state index in [2.05, 4.69) is 4.74 Å². The molecule has 144 valence electrons. The van der Waals surface area contributed by atoms with E-state index in [1.807, 2.05) is 12.1 Å². The third-order valence-electron chi connectivity index (χ3n) is 4.22. The first-order valence-corrected chi connectivity index (χ1v) is 9.96. The molecule has 0 saturated heterocycles. The SMILES string of the molecule is CCN(C[C@@H]1COc2ccccc2O1)S(=O)(=O)c1cccc(C(=O)OC)c1. The van der Waals surface area contributed by atoms with Crippen molar-refractivity contribution in [1.29, 1.82) is 0 Å². The lowest BCUT2D eigenvalue weighted by molar-refractivity contribution is 0.0600. The van der Waals surface area contributed by atoms with Gasteiger partial charge < -0.3 is 14.2 Å². The number of esters is 1. The molecule has 2 aromatic rings. The van der Waals surface area contributed by atoms with Crippen LogP contribution in [0.2, 0.25) is 0 Å². The van der Waals surface area contributed by atoms with E-state index in [0.29, 0.717) is 11.5 Å². The molecule has 0 aromatic heterocycles. The Labute approximate surface area is 158 Å². The first kappa shape index (κ1) is 19.2. The first-order valence-electron chi connectivity index (χ1n) is 8.52. The largest absolute Gasteiger partial charge is 0.486 e. The topological polar surface area (TPSA) is 82.1 Å². The minimum Gasteiger partial charge on any atom is -0.486 e. The zero-order valence-corrected chi connectivity index (χ0v) is 15.9. The van der Waals surface area contributed by atoms with Crippen molar-refractivity contribution in [1.82, 2.24) is 4.31 Å². The molecular weight excluding hydrogens is 370 g/mol. The summed E-state index contributed by atoms with van der Waals surface area (Å²) in [6, 6.07) is 13.1. The van der Waals surface area contributed by atoms with E-state index in [1.165, 1.54) is 35.7 Å². The fourth-order valence-corrected chi connectivity index (χ4v) is 4.35. The summed E-state index contributed by atoms with van der Waals surface area (Å²) < 4.78 is 43.5. The van der Waals surface area contributed by atoms with Gasteiger partial charge in [-0.15, -0.1) is 0 Å². The quantitative estimate of drug-likeness (QED) is 0.703. The maximum absolute atomic E-state index is 13.0. The third-order valence-corrected chi connectivity index (χ3v) is 6.16. The van der Waals surface area contributed by atoms with Gasteiger partial charge in [-0.2, -0.15) is 4.31 Å². The second-order valence-corrected chi connectivity index (χ2v) is 7.91. The lowest BCUT2D eigenvalue weighted by Crippen LogP contribution is -2.43. The molecule has 1 aliphatic heterocycles. The number of rotatable bonds is 6. The number of fused-ring (bicyclic) bond motifs is 1. The van der Waals surface area contributed by atoms with Crippen molar-refractivity contribution in [2.24, 2.45) is 0 Å². The molecule has 2 aromatic carbocycles. The van der Waals surface area contributed by atoms with E-state index < -0.39 is 22.1 Å². The normalized spacial score (nSPS) is 16.2. The van der Waals surface area contributed by atoms with Crippen molar-refractivity contribution in [3.8, 4) is 11.5 Å². The molecule has 1 aliphatic rings. The summed E-state index contributed by atoms with van der Waals surface area (Å²) in [5.41, 5.74) is 0.181. The molecule has 0 N–H and O–H groups in total. The number of methoxy groups -OCH3 is 1. The van der Waals surface area contributed by atoms with Gasteiger partial charge in [0.1, 0.15) is 12.7 Å². The van der Waals surface area contributed by atoms with Crippen molar-refractivity contribution in [3.63, 3.8) is 0 Å². The number of hydrogen-bond donors (Lipinski definition) is 0. The summed E-state index contributed by atoms with van der Waals surface area (Å²) in [6.45, 7) is 2.40. The van der Waals surface area contributed by atoms with Gasteiger partial charge in [0.25, 0.3) is 0 Å². The molecular formula is C19H21NO6S. The number of nitrogens with zero attached hydrogens (tertiary/aromatic N) is 1. The zero-order valence-electron chi connectivity index (χ0n) is 15.1. The van der Waals surface area contributed by atoms with Gasteiger partial charge in [-0.3, -0.25) is 0 Å². The summed E-state index contributed by atoms with van der Waals surface area (Å²) in [4.78, 5) is 11.7. The molecule has 3 rings (SSSR count). The molecule has 0 unspecified atom stereocenters. The molecule has 0 fully saturated rings. The fourth-order valence-electron chi connectivity index (χ4n) is 2.83. The minimum absolute atomic E-state index is 0.0318. The van der Waals surface area contributed by atoms with Crippen LogP contribution < -0.4 is 9.47 Å². The summed E-state index contributed by atoms with van der Waals surface area (Å²) in [7, 11) is -2.55. The van der Waals surface area contributed by atoms with Gasteiger partial charge in [0.05, 0.1) is 24.1 Å². The number of benzene rings is 2. The number of carbonyl (C=O) groups is 1. The molecule has 27 heavy (non-hydrogen) atoms. The smallest absolute Gasteiger partial charge is 0.337 e. The predicted molar refractivity (Wildman–Crippen MR) is 98.6 cm³/mol. The number of likely N-dealkylation sites (N-methyl/N-ethyl adjacent to an activating group) is 1. The Morgan fingerprint density at radius 1 is 1.19 bits per heavy atom. The average Bonchev–Trinajstić information content (AvgIpc) is 2.71. The molecule has 0 saturated carbocycles. The van der Waals surface area contributed by atoms with Crippen molar-refractivity contribution in [2.45, 2.75) is 17.9 Å². The zero-order chi connectivity index (χ0) is 19.4. The molecule has 7 nitrogen and oxygen atoms in total. The Hall–Kier alpha value is -2.58. The predicted octanol–water partition coefficient (Wildman–Crippen LogP) is 2.32. The van der Waals surface area contributed by atoms with Crippen LogP contribution in [0, 0.1) is 0 Å². The number of sulfonamides is 1.